The Labute approximate surface area is 145 Å². The third-order valence-corrected chi connectivity index (χ3v) is 3.74. The Morgan fingerprint density at radius 3 is 2.29 bits per heavy atom. The minimum Gasteiger partial charge on any atom is -0.364 e. The number of halogens is 1. The summed E-state index contributed by atoms with van der Waals surface area (Å²) < 4.78 is 0.571. The standard InChI is InChI=1S/C16H12BrN3O4/c17-13-4-2-1-3-12(13)16(22)19-14(15(18)21)9-10-5-7-11(8-6-10)20(23)24/h1-9H,(H2,18,21)(H,19,22)/b14-9-. The zero-order valence-electron chi connectivity index (χ0n) is 12.2. The van der Waals surface area contributed by atoms with Crippen molar-refractivity contribution in [1.82, 2.24) is 5.32 Å². The molecule has 0 aliphatic heterocycles. The van der Waals surface area contributed by atoms with Gasteiger partial charge in [-0.2, -0.15) is 0 Å². The molecule has 8 heteroatoms. The van der Waals surface area contributed by atoms with Crippen molar-refractivity contribution in [3.63, 3.8) is 0 Å². The van der Waals surface area contributed by atoms with Crippen LogP contribution in [0.4, 0.5) is 5.69 Å². The number of hydrogen-bond acceptors (Lipinski definition) is 4. The molecule has 0 aliphatic rings. The van der Waals surface area contributed by atoms with Gasteiger partial charge in [0.05, 0.1) is 10.5 Å². The predicted molar refractivity (Wildman–Crippen MR) is 91.9 cm³/mol. The highest BCUT2D eigenvalue weighted by molar-refractivity contribution is 9.10. The lowest BCUT2D eigenvalue weighted by Crippen LogP contribution is -2.31. The molecule has 2 amide bonds. The molecule has 3 N–H and O–H groups in total. The van der Waals surface area contributed by atoms with Crippen LogP contribution in [0.3, 0.4) is 0 Å². The van der Waals surface area contributed by atoms with E-state index in [0.29, 0.717) is 15.6 Å². The Bertz CT molecular complexity index is 831. The summed E-state index contributed by atoms with van der Waals surface area (Å²) in [6, 6.07) is 12.2. The maximum Gasteiger partial charge on any atom is 0.269 e. The van der Waals surface area contributed by atoms with E-state index < -0.39 is 16.7 Å². The SMILES string of the molecule is NC(=O)/C(=C/c1ccc([N+](=O)[O-])cc1)NC(=O)c1ccccc1Br. The number of hydrogen-bond donors (Lipinski definition) is 2. The first-order chi connectivity index (χ1) is 11.4. The quantitative estimate of drug-likeness (QED) is 0.464. The second-order valence-electron chi connectivity index (χ2n) is 4.70. The van der Waals surface area contributed by atoms with Gasteiger partial charge in [-0.1, -0.05) is 12.1 Å². The molecule has 0 spiro atoms. The molecule has 0 heterocycles. The zero-order valence-corrected chi connectivity index (χ0v) is 13.8. The van der Waals surface area contributed by atoms with Crippen LogP contribution < -0.4 is 11.1 Å². The number of nitrogens with zero attached hydrogens (tertiary/aromatic N) is 1. The van der Waals surface area contributed by atoms with E-state index in [1.54, 1.807) is 24.3 Å². The predicted octanol–water partition coefficient (Wildman–Crippen LogP) is 2.61. The van der Waals surface area contributed by atoms with Gasteiger partial charge in [-0.15, -0.1) is 0 Å². The van der Waals surface area contributed by atoms with Crippen LogP contribution in [0.1, 0.15) is 15.9 Å². The number of carbonyl (C=O) groups is 2. The van der Waals surface area contributed by atoms with E-state index in [1.807, 2.05) is 0 Å². The van der Waals surface area contributed by atoms with Crippen molar-refractivity contribution < 1.29 is 14.5 Å². The van der Waals surface area contributed by atoms with Gasteiger partial charge in [0.2, 0.25) is 0 Å². The van der Waals surface area contributed by atoms with Crippen LogP contribution in [-0.2, 0) is 4.79 Å². The number of nitrogens with two attached hydrogens (primary N) is 1. The van der Waals surface area contributed by atoms with Gasteiger partial charge in [-0.3, -0.25) is 19.7 Å². The van der Waals surface area contributed by atoms with Crippen molar-refractivity contribution in [2.75, 3.05) is 0 Å². The molecule has 0 aromatic heterocycles. The molecule has 7 nitrogen and oxygen atoms in total. The van der Waals surface area contributed by atoms with Gasteiger partial charge < -0.3 is 11.1 Å². The monoisotopic (exact) mass is 389 g/mol. The fourth-order valence-electron chi connectivity index (χ4n) is 1.86. The van der Waals surface area contributed by atoms with Crippen LogP contribution in [0.15, 0.2) is 58.7 Å². The van der Waals surface area contributed by atoms with Crippen molar-refractivity contribution in [3.05, 3.63) is 79.9 Å². The molecule has 24 heavy (non-hydrogen) atoms. The Kier molecular flexibility index (Phi) is 5.43. The highest BCUT2D eigenvalue weighted by Crippen LogP contribution is 2.17. The zero-order chi connectivity index (χ0) is 17.7. The summed E-state index contributed by atoms with van der Waals surface area (Å²) in [6.07, 6.45) is 1.35. The third kappa shape index (κ3) is 4.26. The number of primary amides is 1. The van der Waals surface area contributed by atoms with Crippen LogP contribution in [-0.4, -0.2) is 16.7 Å². The lowest BCUT2D eigenvalue weighted by molar-refractivity contribution is -0.384. The number of rotatable bonds is 5. The topological polar surface area (TPSA) is 115 Å². The fourth-order valence-corrected chi connectivity index (χ4v) is 2.33. The van der Waals surface area contributed by atoms with Crippen molar-refractivity contribution in [2.45, 2.75) is 0 Å². The van der Waals surface area contributed by atoms with Crippen LogP contribution in [0.25, 0.3) is 6.08 Å². The lowest BCUT2D eigenvalue weighted by atomic mass is 10.1. The van der Waals surface area contributed by atoms with E-state index in [-0.39, 0.29) is 11.4 Å². The van der Waals surface area contributed by atoms with Crippen molar-refractivity contribution in [3.8, 4) is 0 Å². The molecule has 0 atom stereocenters. The Hall–Kier alpha value is -3.00. The lowest BCUT2D eigenvalue weighted by Gasteiger charge is -2.08. The van der Waals surface area contributed by atoms with Gasteiger partial charge in [-0.05, 0) is 51.8 Å². The van der Waals surface area contributed by atoms with Crippen molar-refractivity contribution in [1.29, 1.82) is 0 Å². The van der Waals surface area contributed by atoms with Crippen LogP contribution in [0.2, 0.25) is 0 Å². The van der Waals surface area contributed by atoms with Crippen LogP contribution >= 0.6 is 15.9 Å². The number of nitrogens with one attached hydrogen (secondary N) is 1. The minimum atomic E-state index is -0.825. The maximum absolute atomic E-state index is 12.2. The van der Waals surface area contributed by atoms with E-state index in [4.69, 9.17) is 5.73 Å². The second-order valence-corrected chi connectivity index (χ2v) is 5.56. The minimum absolute atomic E-state index is 0.0787. The van der Waals surface area contributed by atoms with Gasteiger partial charge in [0.15, 0.2) is 0 Å². The molecule has 2 aromatic carbocycles. The molecule has 2 aromatic rings. The van der Waals surface area contributed by atoms with E-state index in [1.165, 1.54) is 30.3 Å². The molecule has 0 bridgehead atoms. The van der Waals surface area contributed by atoms with Gasteiger partial charge in [0.1, 0.15) is 5.70 Å². The molecular formula is C16H12BrN3O4. The molecule has 0 saturated carbocycles. The maximum atomic E-state index is 12.2. The Morgan fingerprint density at radius 1 is 1.12 bits per heavy atom. The summed E-state index contributed by atoms with van der Waals surface area (Å²) in [5.74, 6) is -1.33. The molecule has 2 rings (SSSR count). The van der Waals surface area contributed by atoms with Crippen LogP contribution in [0.5, 0.6) is 0 Å². The Balaban J connectivity index is 2.26. The van der Waals surface area contributed by atoms with Crippen LogP contribution in [0, 0.1) is 10.1 Å². The van der Waals surface area contributed by atoms with Gasteiger partial charge >= 0.3 is 0 Å². The first-order valence-electron chi connectivity index (χ1n) is 6.70. The number of benzene rings is 2. The van der Waals surface area contributed by atoms with E-state index in [0.717, 1.165) is 0 Å². The summed E-state index contributed by atoms with van der Waals surface area (Å²) >= 11 is 3.25. The summed E-state index contributed by atoms with van der Waals surface area (Å²) in [4.78, 5) is 33.9. The molecule has 0 radical (unpaired) electrons. The van der Waals surface area contributed by atoms with E-state index in [9.17, 15) is 19.7 Å². The van der Waals surface area contributed by atoms with Gasteiger partial charge in [-0.25, -0.2) is 0 Å². The average molecular weight is 390 g/mol. The summed E-state index contributed by atoms with van der Waals surface area (Å²) in [6.45, 7) is 0. The first kappa shape index (κ1) is 17.4. The summed E-state index contributed by atoms with van der Waals surface area (Å²) in [7, 11) is 0. The molecule has 0 saturated heterocycles. The molecule has 0 aliphatic carbocycles. The fraction of sp³-hybridized carbons (Fsp3) is 0. The number of nitro benzene ring substituents is 1. The molecular weight excluding hydrogens is 378 g/mol. The summed E-state index contributed by atoms with van der Waals surface area (Å²) in [5.41, 5.74) is 5.91. The number of nitro groups is 1. The molecule has 122 valence electrons. The average Bonchev–Trinajstić information content (AvgIpc) is 2.54. The van der Waals surface area contributed by atoms with Gasteiger partial charge in [0, 0.05) is 16.6 Å². The second kappa shape index (κ2) is 7.51. The first-order valence-corrected chi connectivity index (χ1v) is 7.49. The smallest absolute Gasteiger partial charge is 0.269 e. The normalized spacial score (nSPS) is 11.0. The summed E-state index contributed by atoms with van der Waals surface area (Å²) in [5, 5.41) is 13.1. The number of non-ortho nitro benzene ring substituents is 1. The third-order valence-electron chi connectivity index (χ3n) is 3.05. The largest absolute Gasteiger partial charge is 0.364 e. The van der Waals surface area contributed by atoms with E-state index >= 15 is 0 Å². The Morgan fingerprint density at radius 2 is 1.75 bits per heavy atom. The molecule has 0 fully saturated rings. The highest BCUT2D eigenvalue weighted by atomic mass is 79.9. The molecule has 0 unspecified atom stereocenters. The van der Waals surface area contributed by atoms with Gasteiger partial charge in [0.25, 0.3) is 17.5 Å². The highest BCUT2D eigenvalue weighted by Gasteiger charge is 2.14. The number of amides is 2. The van der Waals surface area contributed by atoms with E-state index in [2.05, 4.69) is 21.2 Å². The van der Waals surface area contributed by atoms with Crippen molar-refractivity contribution in [2.24, 2.45) is 5.73 Å². The van der Waals surface area contributed by atoms with Crippen molar-refractivity contribution >= 4 is 39.5 Å². The number of carbonyl (C=O) groups excluding carboxylic acids is 2.